The van der Waals surface area contributed by atoms with Gasteiger partial charge in [0.25, 0.3) is 0 Å². The molecule has 0 saturated carbocycles. The Labute approximate surface area is 103 Å². The van der Waals surface area contributed by atoms with Crippen LogP contribution in [0, 0.1) is 0 Å². The number of hydrogen-bond acceptors (Lipinski definition) is 3. The van der Waals surface area contributed by atoms with Crippen molar-refractivity contribution in [1.29, 1.82) is 0 Å². The van der Waals surface area contributed by atoms with E-state index in [0.29, 0.717) is 0 Å². The van der Waals surface area contributed by atoms with E-state index in [1.54, 1.807) is 0 Å². The van der Waals surface area contributed by atoms with Crippen LogP contribution in [-0.4, -0.2) is 39.3 Å². The van der Waals surface area contributed by atoms with Gasteiger partial charge in [-0.15, -0.1) is 0 Å². The Morgan fingerprint density at radius 1 is 1.06 bits per heavy atom. The van der Waals surface area contributed by atoms with Gasteiger partial charge in [-0.2, -0.15) is 0 Å². The average molecular weight is 231 g/mol. The van der Waals surface area contributed by atoms with Gasteiger partial charge in [0, 0.05) is 38.4 Å². The third-order valence-electron chi connectivity index (χ3n) is 3.88. The number of piperazine rings is 1. The number of rotatable bonds is 2. The molecule has 2 N–H and O–H groups in total. The van der Waals surface area contributed by atoms with Crippen molar-refractivity contribution in [2.24, 2.45) is 0 Å². The van der Waals surface area contributed by atoms with Crippen LogP contribution in [-0.2, 0) is 0 Å². The van der Waals surface area contributed by atoms with Crippen molar-refractivity contribution in [1.82, 2.24) is 10.6 Å². The van der Waals surface area contributed by atoms with Gasteiger partial charge < -0.3 is 15.5 Å². The molecule has 0 bridgehead atoms. The molecular formula is C14H21N3. The number of hydrogen-bond donors (Lipinski definition) is 2. The molecule has 2 saturated heterocycles. The molecule has 2 aliphatic rings. The topological polar surface area (TPSA) is 27.3 Å². The van der Waals surface area contributed by atoms with E-state index in [0.717, 1.165) is 38.6 Å². The van der Waals surface area contributed by atoms with Gasteiger partial charge in [0.1, 0.15) is 0 Å². The first kappa shape index (κ1) is 11.1. The standard InChI is InChI=1S/C14H21N3/c1-2-12(13-4-5-16-11-13)10-14(3-1)17-8-6-15-7-9-17/h1-3,10,13,15-16H,4-9,11H2. The summed E-state index contributed by atoms with van der Waals surface area (Å²) in [7, 11) is 0. The molecule has 1 aromatic carbocycles. The van der Waals surface area contributed by atoms with Crippen LogP contribution in [0.15, 0.2) is 24.3 Å². The van der Waals surface area contributed by atoms with Crippen LogP contribution in [0.3, 0.4) is 0 Å². The molecule has 3 heteroatoms. The lowest BCUT2D eigenvalue weighted by Crippen LogP contribution is -2.43. The van der Waals surface area contributed by atoms with Crippen LogP contribution in [0.2, 0.25) is 0 Å². The fraction of sp³-hybridized carbons (Fsp3) is 0.571. The molecule has 0 amide bonds. The summed E-state index contributed by atoms with van der Waals surface area (Å²) in [4.78, 5) is 2.49. The van der Waals surface area contributed by atoms with E-state index in [1.165, 1.54) is 24.2 Å². The Bertz CT molecular complexity index is 365. The molecule has 0 aromatic heterocycles. The fourth-order valence-corrected chi connectivity index (χ4v) is 2.84. The smallest absolute Gasteiger partial charge is 0.0369 e. The first-order chi connectivity index (χ1) is 8.43. The van der Waals surface area contributed by atoms with Gasteiger partial charge in [-0.1, -0.05) is 12.1 Å². The zero-order valence-corrected chi connectivity index (χ0v) is 10.3. The minimum Gasteiger partial charge on any atom is -0.369 e. The minimum absolute atomic E-state index is 0.720. The predicted molar refractivity (Wildman–Crippen MR) is 71.8 cm³/mol. The lowest BCUT2D eigenvalue weighted by Gasteiger charge is -2.30. The molecule has 1 unspecified atom stereocenters. The van der Waals surface area contributed by atoms with Gasteiger partial charge in [-0.25, -0.2) is 0 Å². The summed E-state index contributed by atoms with van der Waals surface area (Å²) < 4.78 is 0. The van der Waals surface area contributed by atoms with E-state index < -0.39 is 0 Å². The van der Waals surface area contributed by atoms with Gasteiger partial charge in [0.05, 0.1) is 0 Å². The summed E-state index contributed by atoms with van der Waals surface area (Å²) in [5, 5.41) is 6.85. The lowest BCUT2D eigenvalue weighted by atomic mass is 9.98. The predicted octanol–water partition coefficient (Wildman–Crippen LogP) is 1.17. The molecule has 3 nitrogen and oxygen atoms in total. The van der Waals surface area contributed by atoms with E-state index >= 15 is 0 Å². The highest BCUT2D eigenvalue weighted by atomic mass is 15.2. The van der Waals surface area contributed by atoms with Gasteiger partial charge in [0.15, 0.2) is 0 Å². The van der Waals surface area contributed by atoms with Crippen molar-refractivity contribution >= 4 is 5.69 Å². The number of nitrogens with one attached hydrogen (secondary N) is 2. The van der Waals surface area contributed by atoms with Crippen LogP contribution in [0.1, 0.15) is 17.9 Å². The minimum atomic E-state index is 0.720. The van der Waals surface area contributed by atoms with Gasteiger partial charge in [0.2, 0.25) is 0 Å². The molecule has 3 rings (SSSR count). The van der Waals surface area contributed by atoms with Crippen molar-refractivity contribution in [2.45, 2.75) is 12.3 Å². The number of benzene rings is 1. The first-order valence-corrected chi connectivity index (χ1v) is 6.70. The maximum Gasteiger partial charge on any atom is 0.0369 e. The monoisotopic (exact) mass is 231 g/mol. The quantitative estimate of drug-likeness (QED) is 0.800. The summed E-state index contributed by atoms with van der Waals surface area (Å²) >= 11 is 0. The largest absolute Gasteiger partial charge is 0.369 e. The van der Waals surface area contributed by atoms with Gasteiger partial charge in [-0.05, 0) is 36.6 Å². The zero-order valence-electron chi connectivity index (χ0n) is 10.3. The Hall–Kier alpha value is -1.06. The molecule has 1 aromatic rings. The van der Waals surface area contributed by atoms with E-state index in [1.807, 2.05) is 0 Å². The number of anilines is 1. The second-order valence-corrected chi connectivity index (χ2v) is 5.02. The van der Waals surface area contributed by atoms with Crippen LogP contribution in [0.5, 0.6) is 0 Å². The molecule has 0 radical (unpaired) electrons. The van der Waals surface area contributed by atoms with E-state index in [2.05, 4.69) is 39.8 Å². The van der Waals surface area contributed by atoms with Crippen molar-refractivity contribution in [3.05, 3.63) is 29.8 Å². The van der Waals surface area contributed by atoms with Gasteiger partial charge >= 0.3 is 0 Å². The van der Waals surface area contributed by atoms with Crippen LogP contribution >= 0.6 is 0 Å². The Morgan fingerprint density at radius 2 is 1.94 bits per heavy atom. The lowest BCUT2D eigenvalue weighted by molar-refractivity contribution is 0.589. The van der Waals surface area contributed by atoms with Gasteiger partial charge in [-0.3, -0.25) is 0 Å². The molecule has 2 aliphatic heterocycles. The second kappa shape index (κ2) is 5.07. The number of nitrogens with zero attached hydrogens (tertiary/aromatic N) is 1. The fourth-order valence-electron chi connectivity index (χ4n) is 2.84. The molecule has 2 heterocycles. The summed E-state index contributed by atoms with van der Waals surface area (Å²) in [5.74, 6) is 0.720. The van der Waals surface area contributed by atoms with Crippen LogP contribution in [0.25, 0.3) is 0 Å². The highest BCUT2D eigenvalue weighted by Crippen LogP contribution is 2.26. The molecular weight excluding hydrogens is 210 g/mol. The SMILES string of the molecule is c1cc(C2CCNC2)cc(N2CCNCC2)c1. The maximum atomic E-state index is 3.45. The highest BCUT2D eigenvalue weighted by Gasteiger charge is 2.18. The van der Waals surface area contributed by atoms with E-state index in [4.69, 9.17) is 0 Å². The molecule has 17 heavy (non-hydrogen) atoms. The first-order valence-electron chi connectivity index (χ1n) is 6.70. The van der Waals surface area contributed by atoms with Crippen molar-refractivity contribution < 1.29 is 0 Å². The maximum absolute atomic E-state index is 3.45. The average Bonchev–Trinajstić information content (AvgIpc) is 2.94. The Balaban J connectivity index is 1.77. The van der Waals surface area contributed by atoms with E-state index in [9.17, 15) is 0 Å². The summed E-state index contributed by atoms with van der Waals surface area (Å²) in [6, 6.07) is 9.13. The molecule has 0 aliphatic carbocycles. The molecule has 92 valence electrons. The zero-order chi connectivity index (χ0) is 11.5. The molecule has 2 fully saturated rings. The summed E-state index contributed by atoms with van der Waals surface area (Å²) in [5.41, 5.74) is 2.90. The Kier molecular flexibility index (Phi) is 3.29. The summed E-state index contributed by atoms with van der Waals surface area (Å²) in [6.45, 7) is 6.79. The summed E-state index contributed by atoms with van der Waals surface area (Å²) in [6.07, 6.45) is 1.28. The Morgan fingerprint density at radius 3 is 2.71 bits per heavy atom. The second-order valence-electron chi connectivity index (χ2n) is 5.02. The highest BCUT2D eigenvalue weighted by molar-refractivity contribution is 5.50. The third-order valence-corrected chi connectivity index (χ3v) is 3.88. The van der Waals surface area contributed by atoms with E-state index in [-0.39, 0.29) is 0 Å². The van der Waals surface area contributed by atoms with Crippen molar-refractivity contribution in [2.75, 3.05) is 44.2 Å². The normalized spacial score (nSPS) is 25.2. The molecule has 0 spiro atoms. The van der Waals surface area contributed by atoms with Crippen molar-refractivity contribution in [3.8, 4) is 0 Å². The van der Waals surface area contributed by atoms with Crippen LogP contribution in [0.4, 0.5) is 5.69 Å². The third kappa shape index (κ3) is 2.45. The molecule has 1 atom stereocenters. The van der Waals surface area contributed by atoms with Crippen molar-refractivity contribution in [3.63, 3.8) is 0 Å². The van der Waals surface area contributed by atoms with Crippen LogP contribution < -0.4 is 15.5 Å².